The first kappa shape index (κ1) is 15.7. The van der Waals surface area contributed by atoms with Crippen molar-refractivity contribution < 1.29 is 4.79 Å². The van der Waals surface area contributed by atoms with Crippen molar-refractivity contribution in [1.29, 1.82) is 0 Å². The Morgan fingerprint density at radius 1 is 1.44 bits per heavy atom. The summed E-state index contributed by atoms with van der Waals surface area (Å²) in [7, 11) is 3.62. The van der Waals surface area contributed by atoms with E-state index in [2.05, 4.69) is 4.90 Å². The van der Waals surface area contributed by atoms with E-state index in [9.17, 15) is 4.79 Å². The van der Waals surface area contributed by atoms with Crippen LogP contribution in [0.4, 0.5) is 0 Å². The summed E-state index contributed by atoms with van der Waals surface area (Å²) in [5.41, 5.74) is 5.59. The fourth-order valence-corrected chi connectivity index (χ4v) is 2.10. The zero-order valence-corrected chi connectivity index (χ0v) is 11.1. The first-order valence-electron chi connectivity index (χ1n) is 5.79. The van der Waals surface area contributed by atoms with Gasteiger partial charge in [-0.3, -0.25) is 9.69 Å². The highest BCUT2D eigenvalue weighted by Crippen LogP contribution is 2.18. The minimum atomic E-state index is 0. The molecule has 96 valence electrons. The van der Waals surface area contributed by atoms with Gasteiger partial charge in [0.15, 0.2) is 0 Å². The van der Waals surface area contributed by atoms with Gasteiger partial charge >= 0.3 is 0 Å². The zero-order chi connectivity index (χ0) is 11.3. The van der Waals surface area contributed by atoms with Gasteiger partial charge in [-0.1, -0.05) is 6.42 Å². The normalized spacial score (nSPS) is 21.3. The maximum atomic E-state index is 11.6. The van der Waals surface area contributed by atoms with Crippen LogP contribution < -0.4 is 5.73 Å². The number of hydrogen-bond acceptors (Lipinski definition) is 3. The Labute approximate surface area is 105 Å². The molecule has 0 bridgehead atoms. The Bertz CT molecular complexity index is 209. The Hall–Kier alpha value is -0.320. The molecule has 1 aliphatic rings. The van der Waals surface area contributed by atoms with E-state index in [0.717, 1.165) is 19.5 Å². The number of carbonyl (C=O) groups excluding carboxylic acids is 1. The molecule has 1 heterocycles. The first-order chi connectivity index (χ1) is 7.15. The van der Waals surface area contributed by atoms with Gasteiger partial charge in [-0.05, 0) is 32.4 Å². The predicted molar refractivity (Wildman–Crippen MR) is 68.8 cm³/mol. The third-order valence-electron chi connectivity index (χ3n) is 3.09. The highest BCUT2D eigenvalue weighted by atomic mass is 35.5. The maximum Gasteiger partial charge on any atom is 0.236 e. The molecule has 0 aliphatic carbocycles. The summed E-state index contributed by atoms with van der Waals surface area (Å²) in [5.74, 6) is 0.193. The Morgan fingerprint density at radius 3 is 2.69 bits per heavy atom. The molecular weight excluding hydrogens is 226 g/mol. The van der Waals surface area contributed by atoms with E-state index in [1.54, 1.807) is 4.90 Å². The van der Waals surface area contributed by atoms with E-state index < -0.39 is 0 Å². The lowest BCUT2D eigenvalue weighted by Crippen LogP contribution is -2.45. The Morgan fingerprint density at radius 2 is 2.12 bits per heavy atom. The molecule has 2 N–H and O–H groups in total. The number of nitrogens with zero attached hydrogens (tertiary/aromatic N) is 2. The summed E-state index contributed by atoms with van der Waals surface area (Å²) in [6.07, 6.45) is 4.69. The topological polar surface area (TPSA) is 49.6 Å². The third-order valence-corrected chi connectivity index (χ3v) is 3.09. The lowest BCUT2D eigenvalue weighted by molar-refractivity contribution is -0.130. The second-order valence-corrected chi connectivity index (χ2v) is 4.49. The molecule has 1 atom stereocenters. The van der Waals surface area contributed by atoms with Crippen LogP contribution in [0, 0.1) is 0 Å². The van der Waals surface area contributed by atoms with Gasteiger partial charge in [-0.15, -0.1) is 12.4 Å². The molecular formula is C11H24ClN3O. The van der Waals surface area contributed by atoms with Gasteiger partial charge in [-0.25, -0.2) is 0 Å². The minimum absolute atomic E-state index is 0. The fourth-order valence-electron chi connectivity index (χ4n) is 2.10. The lowest BCUT2D eigenvalue weighted by atomic mass is 9.99. The molecule has 1 rings (SSSR count). The van der Waals surface area contributed by atoms with Crippen LogP contribution in [0.25, 0.3) is 0 Å². The SMILES string of the molecule is CN(C)C(=O)CN1CCCCC1CCN.Cl. The first-order valence-corrected chi connectivity index (χ1v) is 5.79. The van der Waals surface area contributed by atoms with Crippen molar-refractivity contribution in [2.75, 3.05) is 33.7 Å². The van der Waals surface area contributed by atoms with Gasteiger partial charge in [0.2, 0.25) is 5.91 Å². The number of likely N-dealkylation sites (tertiary alicyclic amines) is 1. The summed E-state index contributed by atoms with van der Waals surface area (Å²) in [4.78, 5) is 15.6. The molecule has 0 aromatic rings. The summed E-state index contributed by atoms with van der Waals surface area (Å²) >= 11 is 0. The minimum Gasteiger partial charge on any atom is -0.348 e. The number of carbonyl (C=O) groups is 1. The van der Waals surface area contributed by atoms with Crippen molar-refractivity contribution in [3.63, 3.8) is 0 Å². The smallest absolute Gasteiger partial charge is 0.236 e. The van der Waals surface area contributed by atoms with Gasteiger partial charge in [0, 0.05) is 20.1 Å². The molecule has 0 aromatic carbocycles. The van der Waals surface area contributed by atoms with Crippen molar-refractivity contribution >= 4 is 18.3 Å². The quantitative estimate of drug-likeness (QED) is 0.798. The molecule has 1 aliphatic heterocycles. The highest BCUT2D eigenvalue weighted by Gasteiger charge is 2.23. The Kier molecular flexibility index (Phi) is 7.72. The number of hydrogen-bond donors (Lipinski definition) is 1. The van der Waals surface area contributed by atoms with Crippen LogP contribution in [-0.2, 0) is 4.79 Å². The third kappa shape index (κ3) is 4.68. The van der Waals surface area contributed by atoms with Crippen LogP contribution in [0.15, 0.2) is 0 Å². The molecule has 4 nitrogen and oxygen atoms in total. The monoisotopic (exact) mass is 249 g/mol. The average molecular weight is 250 g/mol. The molecule has 0 radical (unpaired) electrons. The van der Waals surface area contributed by atoms with Gasteiger partial charge in [0.05, 0.1) is 6.54 Å². The standard InChI is InChI=1S/C11H23N3O.ClH/c1-13(2)11(15)9-14-8-4-3-5-10(14)6-7-12;/h10H,3-9,12H2,1-2H3;1H. The van der Waals surface area contributed by atoms with Crippen LogP contribution in [0.2, 0.25) is 0 Å². The van der Waals surface area contributed by atoms with Crippen LogP contribution in [0.1, 0.15) is 25.7 Å². The second-order valence-electron chi connectivity index (χ2n) is 4.49. The van der Waals surface area contributed by atoms with Crippen molar-refractivity contribution in [3.05, 3.63) is 0 Å². The maximum absolute atomic E-state index is 11.6. The summed E-state index contributed by atoms with van der Waals surface area (Å²) in [5, 5.41) is 0. The summed E-state index contributed by atoms with van der Waals surface area (Å²) in [6.45, 7) is 2.32. The van der Waals surface area contributed by atoms with Crippen LogP contribution >= 0.6 is 12.4 Å². The van der Waals surface area contributed by atoms with Crippen LogP contribution in [0.5, 0.6) is 0 Å². The Balaban J connectivity index is 0.00000225. The van der Waals surface area contributed by atoms with Crippen molar-refractivity contribution in [2.24, 2.45) is 5.73 Å². The highest BCUT2D eigenvalue weighted by molar-refractivity contribution is 5.85. The van der Waals surface area contributed by atoms with Crippen molar-refractivity contribution in [1.82, 2.24) is 9.80 Å². The lowest BCUT2D eigenvalue weighted by Gasteiger charge is -2.35. The number of piperidine rings is 1. The molecule has 1 saturated heterocycles. The molecule has 0 aromatic heterocycles. The predicted octanol–water partition coefficient (Wildman–Crippen LogP) is 0.700. The van der Waals surface area contributed by atoms with E-state index in [-0.39, 0.29) is 18.3 Å². The molecule has 0 saturated carbocycles. The summed E-state index contributed by atoms with van der Waals surface area (Å²) < 4.78 is 0. The van der Waals surface area contributed by atoms with Gasteiger partial charge in [-0.2, -0.15) is 0 Å². The number of amides is 1. The molecule has 1 fully saturated rings. The number of halogens is 1. The van der Waals surface area contributed by atoms with Gasteiger partial charge in [0.25, 0.3) is 0 Å². The summed E-state index contributed by atoms with van der Waals surface area (Å²) in [6, 6.07) is 0.521. The number of likely N-dealkylation sites (N-methyl/N-ethyl adjacent to an activating group) is 1. The van der Waals surface area contributed by atoms with E-state index in [1.165, 1.54) is 19.3 Å². The molecule has 1 amide bonds. The zero-order valence-electron chi connectivity index (χ0n) is 10.3. The molecule has 16 heavy (non-hydrogen) atoms. The van der Waals surface area contributed by atoms with E-state index in [4.69, 9.17) is 5.73 Å². The average Bonchev–Trinajstić information content (AvgIpc) is 2.21. The largest absolute Gasteiger partial charge is 0.348 e. The van der Waals surface area contributed by atoms with E-state index >= 15 is 0 Å². The van der Waals surface area contributed by atoms with Crippen molar-refractivity contribution in [3.8, 4) is 0 Å². The van der Waals surface area contributed by atoms with Gasteiger partial charge < -0.3 is 10.6 Å². The number of nitrogens with two attached hydrogens (primary N) is 1. The molecule has 1 unspecified atom stereocenters. The van der Waals surface area contributed by atoms with Crippen LogP contribution in [0.3, 0.4) is 0 Å². The van der Waals surface area contributed by atoms with Crippen LogP contribution in [-0.4, -0.2) is 55.5 Å². The number of rotatable bonds is 4. The second kappa shape index (κ2) is 7.87. The molecule has 0 spiro atoms. The molecule has 5 heteroatoms. The van der Waals surface area contributed by atoms with E-state index in [1.807, 2.05) is 14.1 Å². The van der Waals surface area contributed by atoms with Crippen molar-refractivity contribution in [2.45, 2.75) is 31.7 Å². The van der Waals surface area contributed by atoms with E-state index in [0.29, 0.717) is 12.6 Å². The fraction of sp³-hybridized carbons (Fsp3) is 0.909. The van der Waals surface area contributed by atoms with Gasteiger partial charge in [0.1, 0.15) is 0 Å².